The Hall–Kier alpha value is -4.33. The molecule has 2 heterocycles. The molecular formula is C28H26FN3O4. The largest absolute Gasteiger partial charge is 0.494 e. The first-order valence-corrected chi connectivity index (χ1v) is 11.9. The minimum atomic E-state index is -0.347. The maximum Gasteiger partial charge on any atom is 0.291 e. The van der Waals surface area contributed by atoms with Gasteiger partial charge in [-0.3, -0.25) is 9.59 Å². The number of nitrogens with zero attached hydrogens (tertiary/aromatic N) is 2. The van der Waals surface area contributed by atoms with E-state index in [1.165, 1.54) is 12.1 Å². The van der Waals surface area contributed by atoms with E-state index in [4.69, 9.17) is 9.15 Å². The lowest BCUT2D eigenvalue weighted by Gasteiger charge is -2.35. The Labute approximate surface area is 208 Å². The lowest BCUT2D eigenvalue weighted by molar-refractivity contribution is 0.0718. The van der Waals surface area contributed by atoms with Crippen LogP contribution in [0.2, 0.25) is 0 Å². The van der Waals surface area contributed by atoms with Crippen LogP contribution in [-0.2, 0) is 0 Å². The van der Waals surface area contributed by atoms with Crippen LogP contribution in [-0.4, -0.2) is 49.5 Å². The number of para-hydroxylation sites is 1. The van der Waals surface area contributed by atoms with Crippen molar-refractivity contribution in [2.24, 2.45) is 0 Å². The van der Waals surface area contributed by atoms with E-state index in [-0.39, 0.29) is 23.4 Å². The quantitative estimate of drug-likeness (QED) is 0.405. The Morgan fingerprint density at radius 2 is 1.64 bits per heavy atom. The first-order valence-electron chi connectivity index (χ1n) is 11.9. The van der Waals surface area contributed by atoms with Gasteiger partial charge in [-0.2, -0.15) is 0 Å². The van der Waals surface area contributed by atoms with Crippen LogP contribution in [0.5, 0.6) is 5.75 Å². The number of nitrogens with one attached hydrogen (secondary N) is 1. The standard InChI is InChI=1S/C28H26FN3O4/c1-2-35-22-13-7-19(8-14-22)27(33)30-25-23-5-3-4-6-24(23)36-26(25)28(34)32-17-15-31(16-18-32)21-11-9-20(29)10-12-21/h3-14H,2,15-18H2,1H3,(H,30,33). The van der Waals surface area contributed by atoms with Crippen molar-refractivity contribution in [2.45, 2.75) is 6.92 Å². The SMILES string of the molecule is CCOc1ccc(C(=O)Nc2c(C(=O)N3CCN(c4ccc(F)cc4)CC3)oc3ccccc23)cc1. The fraction of sp³-hybridized carbons (Fsp3) is 0.214. The van der Waals surface area contributed by atoms with Crippen molar-refractivity contribution < 1.29 is 23.1 Å². The van der Waals surface area contributed by atoms with Gasteiger partial charge >= 0.3 is 0 Å². The molecule has 184 valence electrons. The van der Waals surface area contributed by atoms with Crippen molar-refractivity contribution >= 4 is 34.2 Å². The Balaban J connectivity index is 1.35. The molecule has 0 atom stereocenters. The molecule has 3 aromatic carbocycles. The van der Waals surface area contributed by atoms with Crippen LogP contribution >= 0.6 is 0 Å². The maximum absolute atomic E-state index is 13.5. The predicted octanol–water partition coefficient (Wildman–Crippen LogP) is 5.19. The van der Waals surface area contributed by atoms with Gasteiger partial charge in [0.25, 0.3) is 11.8 Å². The predicted molar refractivity (Wildman–Crippen MR) is 136 cm³/mol. The van der Waals surface area contributed by atoms with Gasteiger partial charge in [0, 0.05) is 42.8 Å². The summed E-state index contributed by atoms with van der Waals surface area (Å²) >= 11 is 0. The minimum Gasteiger partial charge on any atom is -0.494 e. The highest BCUT2D eigenvalue weighted by Crippen LogP contribution is 2.33. The van der Waals surface area contributed by atoms with Crippen molar-refractivity contribution in [3.05, 3.63) is 89.9 Å². The third-order valence-corrected chi connectivity index (χ3v) is 6.21. The topological polar surface area (TPSA) is 75.0 Å². The number of carbonyl (C=O) groups excluding carboxylic acids is 2. The average Bonchev–Trinajstić information content (AvgIpc) is 3.27. The summed E-state index contributed by atoms with van der Waals surface area (Å²) in [5, 5.41) is 3.55. The van der Waals surface area contributed by atoms with Crippen LogP contribution in [0.15, 0.2) is 77.2 Å². The molecule has 0 unspecified atom stereocenters. The first kappa shape index (κ1) is 23.4. The van der Waals surface area contributed by atoms with Crippen LogP contribution in [0.1, 0.15) is 27.8 Å². The van der Waals surface area contributed by atoms with Crippen molar-refractivity contribution in [3.8, 4) is 5.75 Å². The van der Waals surface area contributed by atoms with Crippen molar-refractivity contribution in [1.82, 2.24) is 4.90 Å². The van der Waals surface area contributed by atoms with Gasteiger partial charge in [0.1, 0.15) is 22.8 Å². The number of rotatable bonds is 6. The van der Waals surface area contributed by atoms with E-state index in [0.717, 1.165) is 5.69 Å². The smallest absolute Gasteiger partial charge is 0.291 e. The van der Waals surface area contributed by atoms with Crippen molar-refractivity contribution in [3.63, 3.8) is 0 Å². The van der Waals surface area contributed by atoms with Gasteiger partial charge in [0.15, 0.2) is 0 Å². The average molecular weight is 488 g/mol. The molecule has 36 heavy (non-hydrogen) atoms. The van der Waals surface area contributed by atoms with E-state index in [9.17, 15) is 14.0 Å². The molecule has 7 nitrogen and oxygen atoms in total. The summed E-state index contributed by atoms with van der Waals surface area (Å²) in [5.74, 6) is -0.131. The van der Waals surface area contributed by atoms with E-state index < -0.39 is 0 Å². The zero-order chi connectivity index (χ0) is 25.1. The highest BCUT2D eigenvalue weighted by molar-refractivity contribution is 6.14. The summed E-state index contributed by atoms with van der Waals surface area (Å²) in [5.41, 5.74) is 2.23. The van der Waals surface area contributed by atoms with Crippen LogP contribution in [0, 0.1) is 5.82 Å². The number of hydrogen-bond donors (Lipinski definition) is 1. The molecule has 5 rings (SSSR count). The van der Waals surface area contributed by atoms with Gasteiger partial charge in [0.05, 0.1) is 6.61 Å². The lowest BCUT2D eigenvalue weighted by Crippen LogP contribution is -2.48. The Kier molecular flexibility index (Phi) is 6.58. The molecule has 1 fully saturated rings. The molecule has 1 aromatic heterocycles. The van der Waals surface area contributed by atoms with Crippen LogP contribution < -0.4 is 15.0 Å². The highest BCUT2D eigenvalue weighted by atomic mass is 19.1. The number of piperazine rings is 1. The second kappa shape index (κ2) is 10.1. The Morgan fingerprint density at radius 1 is 0.944 bits per heavy atom. The summed E-state index contributed by atoms with van der Waals surface area (Å²) in [7, 11) is 0. The zero-order valence-electron chi connectivity index (χ0n) is 19.9. The lowest BCUT2D eigenvalue weighted by atomic mass is 10.1. The number of furan rings is 1. The van der Waals surface area contributed by atoms with E-state index >= 15 is 0 Å². The molecule has 0 spiro atoms. The summed E-state index contributed by atoms with van der Waals surface area (Å²) in [6.45, 7) is 4.58. The zero-order valence-corrected chi connectivity index (χ0v) is 19.9. The molecule has 0 radical (unpaired) electrons. The first-order chi connectivity index (χ1) is 17.5. The van der Waals surface area contributed by atoms with E-state index in [1.54, 1.807) is 47.4 Å². The molecule has 0 aliphatic carbocycles. The van der Waals surface area contributed by atoms with Crippen molar-refractivity contribution in [2.75, 3.05) is 43.0 Å². The van der Waals surface area contributed by atoms with Gasteiger partial charge in [-0.05, 0) is 67.6 Å². The molecule has 2 amide bonds. The van der Waals surface area contributed by atoms with Gasteiger partial charge < -0.3 is 24.3 Å². The van der Waals surface area contributed by atoms with E-state index in [2.05, 4.69) is 10.2 Å². The molecule has 1 aliphatic heterocycles. The van der Waals surface area contributed by atoms with Crippen LogP contribution in [0.25, 0.3) is 11.0 Å². The molecule has 1 N–H and O–H groups in total. The number of carbonyl (C=O) groups is 2. The van der Waals surface area contributed by atoms with Gasteiger partial charge in [-0.25, -0.2) is 4.39 Å². The molecule has 1 aliphatic rings. The Bertz CT molecular complexity index is 1370. The number of ether oxygens (including phenoxy) is 1. The normalized spacial score (nSPS) is 13.6. The molecule has 4 aromatic rings. The third kappa shape index (κ3) is 4.75. The second-order valence-electron chi connectivity index (χ2n) is 8.47. The Morgan fingerprint density at radius 3 is 2.33 bits per heavy atom. The summed E-state index contributed by atoms with van der Waals surface area (Å²) in [6, 6.07) is 20.4. The molecular weight excluding hydrogens is 461 g/mol. The van der Waals surface area contributed by atoms with Crippen molar-refractivity contribution in [1.29, 1.82) is 0 Å². The number of halogens is 1. The maximum atomic E-state index is 13.5. The fourth-order valence-electron chi connectivity index (χ4n) is 4.34. The number of fused-ring (bicyclic) bond motifs is 1. The van der Waals surface area contributed by atoms with E-state index in [0.29, 0.717) is 60.8 Å². The summed E-state index contributed by atoms with van der Waals surface area (Å²) in [4.78, 5) is 30.4. The molecule has 0 saturated carbocycles. The van der Waals surface area contributed by atoms with Gasteiger partial charge in [-0.15, -0.1) is 0 Å². The number of anilines is 2. The molecule has 1 saturated heterocycles. The number of hydrogen-bond acceptors (Lipinski definition) is 5. The summed E-state index contributed by atoms with van der Waals surface area (Å²) < 4.78 is 24.7. The van der Waals surface area contributed by atoms with E-state index in [1.807, 2.05) is 25.1 Å². The highest BCUT2D eigenvalue weighted by Gasteiger charge is 2.29. The van der Waals surface area contributed by atoms with Crippen LogP contribution in [0.3, 0.4) is 0 Å². The fourth-order valence-corrected chi connectivity index (χ4v) is 4.34. The summed E-state index contributed by atoms with van der Waals surface area (Å²) in [6.07, 6.45) is 0. The number of benzene rings is 3. The number of amides is 2. The van der Waals surface area contributed by atoms with Gasteiger partial charge in [-0.1, -0.05) is 12.1 Å². The minimum absolute atomic E-state index is 0.103. The third-order valence-electron chi connectivity index (χ3n) is 6.21. The molecule has 8 heteroatoms. The van der Waals surface area contributed by atoms with Gasteiger partial charge in [0.2, 0.25) is 5.76 Å². The second-order valence-corrected chi connectivity index (χ2v) is 8.47. The van der Waals surface area contributed by atoms with Crippen LogP contribution in [0.4, 0.5) is 15.8 Å². The monoisotopic (exact) mass is 487 g/mol. The molecule has 0 bridgehead atoms.